The molecule has 33 heavy (non-hydrogen) atoms. The maximum absolute atomic E-state index is 12.9. The average molecular weight is 447 g/mol. The molecule has 1 aliphatic rings. The van der Waals surface area contributed by atoms with Crippen LogP contribution in [0, 0.1) is 17.2 Å². The quantitative estimate of drug-likeness (QED) is 0.362. The summed E-state index contributed by atoms with van der Waals surface area (Å²) in [6, 6.07) is 21.6. The molecule has 174 valence electrons. The SMILES string of the molecule is CC(C)C(C#N)(CCCCC(=O)N1CCC[C@@H]1C(=O)OCc1ccccc1)c1ccccc1. The van der Waals surface area contributed by atoms with E-state index in [9.17, 15) is 14.9 Å². The van der Waals surface area contributed by atoms with Crippen LogP contribution < -0.4 is 0 Å². The monoisotopic (exact) mass is 446 g/mol. The summed E-state index contributed by atoms with van der Waals surface area (Å²) in [7, 11) is 0. The van der Waals surface area contributed by atoms with Gasteiger partial charge in [0.1, 0.15) is 12.6 Å². The Hall–Kier alpha value is -3.13. The number of benzene rings is 2. The Labute approximate surface area is 197 Å². The van der Waals surface area contributed by atoms with Gasteiger partial charge in [-0.25, -0.2) is 4.79 Å². The Morgan fingerprint density at radius 1 is 1.09 bits per heavy atom. The Kier molecular flexibility index (Phi) is 8.65. The lowest BCUT2D eigenvalue weighted by Crippen LogP contribution is -2.41. The molecule has 1 unspecified atom stereocenters. The molecule has 5 heteroatoms. The summed E-state index contributed by atoms with van der Waals surface area (Å²) in [6.07, 6.45) is 4.04. The Morgan fingerprint density at radius 3 is 2.39 bits per heavy atom. The fraction of sp³-hybridized carbons (Fsp3) is 0.464. The predicted octanol–water partition coefficient (Wildman–Crippen LogP) is 5.40. The number of esters is 1. The van der Waals surface area contributed by atoms with Crippen LogP contribution in [0.4, 0.5) is 0 Å². The minimum Gasteiger partial charge on any atom is -0.459 e. The number of likely N-dealkylation sites (tertiary alicyclic amines) is 1. The number of hydrogen-bond donors (Lipinski definition) is 0. The molecule has 1 aliphatic heterocycles. The maximum Gasteiger partial charge on any atom is 0.329 e. The smallest absolute Gasteiger partial charge is 0.329 e. The highest BCUT2D eigenvalue weighted by atomic mass is 16.5. The third kappa shape index (κ3) is 6.01. The molecule has 0 bridgehead atoms. The molecule has 0 N–H and O–H groups in total. The molecule has 2 aromatic rings. The molecule has 1 heterocycles. The lowest BCUT2D eigenvalue weighted by atomic mass is 9.69. The molecular formula is C28H34N2O3. The first-order valence-electron chi connectivity index (χ1n) is 11.9. The van der Waals surface area contributed by atoms with Crippen molar-refractivity contribution in [2.24, 2.45) is 5.92 Å². The zero-order chi connectivity index (χ0) is 23.7. The molecule has 1 fully saturated rings. The van der Waals surface area contributed by atoms with Crippen molar-refractivity contribution in [2.45, 2.75) is 70.4 Å². The molecule has 5 nitrogen and oxygen atoms in total. The van der Waals surface area contributed by atoms with Gasteiger partial charge in [0.05, 0.1) is 11.5 Å². The highest BCUT2D eigenvalue weighted by Gasteiger charge is 2.37. The van der Waals surface area contributed by atoms with E-state index in [4.69, 9.17) is 4.74 Å². The molecule has 1 amide bonds. The summed E-state index contributed by atoms with van der Waals surface area (Å²) in [5, 5.41) is 10.0. The van der Waals surface area contributed by atoms with E-state index in [1.165, 1.54) is 0 Å². The standard InChI is InChI=1S/C28H34N2O3/c1-22(2)28(21-29,24-14-7-4-8-15-24)18-10-9-17-26(31)30-19-11-16-25(30)27(32)33-20-23-12-5-3-6-13-23/h3-8,12-15,22,25H,9-11,16-20H2,1-2H3/t25-,28?/m1/s1. The second-order valence-corrected chi connectivity index (χ2v) is 9.15. The van der Waals surface area contributed by atoms with Gasteiger partial charge in [0.25, 0.3) is 0 Å². The van der Waals surface area contributed by atoms with Gasteiger partial charge in [0.15, 0.2) is 0 Å². The first-order valence-corrected chi connectivity index (χ1v) is 11.9. The van der Waals surface area contributed by atoms with Gasteiger partial charge in [-0.05, 0) is 42.7 Å². The third-order valence-corrected chi connectivity index (χ3v) is 6.75. The van der Waals surface area contributed by atoms with E-state index in [1.807, 2.05) is 60.7 Å². The van der Waals surface area contributed by atoms with Crippen molar-refractivity contribution in [3.63, 3.8) is 0 Å². The van der Waals surface area contributed by atoms with Crippen LogP contribution >= 0.6 is 0 Å². The van der Waals surface area contributed by atoms with Gasteiger partial charge >= 0.3 is 5.97 Å². The van der Waals surface area contributed by atoms with E-state index < -0.39 is 11.5 Å². The highest BCUT2D eigenvalue weighted by Crippen LogP contribution is 2.37. The molecular weight excluding hydrogens is 412 g/mol. The normalized spacial score (nSPS) is 17.4. The van der Waals surface area contributed by atoms with Crippen LogP contribution in [-0.2, 0) is 26.3 Å². The zero-order valence-electron chi connectivity index (χ0n) is 19.7. The van der Waals surface area contributed by atoms with Gasteiger partial charge in [0, 0.05) is 13.0 Å². The highest BCUT2D eigenvalue weighted by molar-refractivity contribution is 5.85. The van der Waals surface area contributed by atoms with Crippen molar-refractivity contribution in [1.29, 1.82) is 5.26 Å². The lowest BCUT2D eigenvalue weighted by Gasteiger charge is -2.31. The van der Waals surface area contributed by atoms with Gasteiger partial charge in [-0.15, -0.1) is 0 Å². The van der Waals surface area contributed by atoms with E-state index >= 15 is 0 Å². The molecule has 0 spiro atoms. The molecule has 2 atom stereocenters. The summed E-state index contributed by atoms with van der Waals surface area (Å²) in [5.41, 5.74) is 1.42. The molecule has 3 rings (SSSR count). The first kappa shape index (κ1) is 24.5. The molecule has 1 saturated heterocycles. The largest absolute Gasteiger partial charge is 0.459 e. The third-order valence-electron chi connectivity index (χ3n) is 6.75. The van der Waals surface area contributed by atoms with Crippen molar-refractivity contribution in [3.05, 3.63) is 71.8 Å². The van der Waals surface area contributed by atoms with Crippen molar-refractivity contribution >= 4 is 11.9 Å². The fourth-order valence-electron chi connectivity index (χ4n) is 4.71. The van der Waals surface area contributed by atoms with Crippen LogP contribution in [0.2, 0.25) is 0 Å². The summed E-state index contributed by atoms with van der Waals surface area (Å²) in [4.78, 5) is 27.2. The van der Waals surface area contributed by atoms with Gasteiger partial charge in [-0.1, -0.05) is 80.9 Å². The van der Waals surface area contributed by atoms with Crippen molar-refractivity contribution < 1.29 is 14.3 Å². The summed E-state index contributed by atoms with van der Waals surface area (Å²) in [5.74, 6) is -0.152. The Bertz CT molecular complexity index is 952. The van der Waals surface area contributed by atoms with Gasteiger partial charge in [-0.2, -0.15) is 5.26 Å². The van der Waals surface area contributed by atoms with Crippen molar-refractivity contribution in [3.8, 4) is 6.07 Å². The minimum atomic E-state index is -0.554. The van der Waals surface area contributed by atoms with Gasteiger partial charge in [0.2, 0.25) is 5.91 Å². The molecule has 0 radical (unpaired) electrons. The molecule has 0 saturated carbocycles. The van der Waals surface area contributed by atoms with E-state index in [1.54, 1.807) is 4.90 Å². The Balaban J connectivity index is 1.51. The predicted molar refractivity (Wildman–Crippen MR) is 128 cm³/mol. The van der Waals surface area contributed by atoms with Crippen LogP contribution in [0.5, 0.6) is 0 Å². The summed E-state index contributed by atoms with van der Waals surface area (Å²) < 4.78 is 5.48. The minimum absolute atomic E-state index is 0.000904. The molecule has 0 aromatic heterocycles. The average Bonchev–Trinajstić information content (AvgIpc) is 3.34. The van der Waals surface area contributed by atoms with Gasteiger partial charge < -0.3 is 9.64 Å². The number of amides is 1. The number of carbonyl (C=O) groups is 2. The van der Waals surface area contributed by atoms with E-state index in [-0.39, 0.29) is 24.4 Å². The maximum atomic E-state index is 12.9. The van der Waals surface area contributed by atoms with Crippen LogP contribution in [0.3, 0.4) is 0 Å². The lowest BCUT2D eigenvalue weighted by molar-refractivity contribution is -0.154. The second-order valence-electron chi connectivity index (χ2n) is 9.15. The number of carbonyl (C=O) groups excluding carboxylic acids is 2. The number of hydrogen-bond acceptors (Lipinski definition) is 4. The van der Waals surface area contributed by atoms with Crippen molar-refractivity contribution in [2.75, 3.05) is 6.54 Å². The van der Waals surface area contributed by atoms with E-state index in [0.29, 0.717) is 32.2 Å². The topological polar surface area (TPSA) is 70.4 Å². The summed E-state index contributed by atoms with van der Waals surface area (Å²) in [6.45, 7) is 4.99. The molecule has 2 aromatic carbocycles. The summed E-state index contributed by atoms with van der Waals surface area (Å²) >= 11 is 0. The molecule has 0 aliphatic carbocycles. The van der Waals surface area contributed by atoms with E-state index in [0.717, 1.165) is 24.0 Å². The van der Waals surface area contributed by atoms with Crippen molar-refractivity contribution in [1.82, 2.24) is 4.90 Å². The first-order chi connectivity index (χ1) is 16.0. The van der Waals surface area contributed by atoms with Crippen LogP contribution in [0.15, 0.2) is 60.7 Å². The number of nitrogens with zero attached hydrogens (tertiary/aromatic N) is 2. The zero-order valence-corrected chi connectivity index (χ0v) is 19.7. The number of unbranched alkanes of at least 4 members (excludes halogenated alkanes) is 1. The van der Waals surface area contributed by atoms with Crippen LogP contribution in [0.25, 0.3) is 0 Å². The fourth-order valence-corrected chi connectivity index (χ4v) is 4.71. The van der Waals surface area contributed by atoms with Crippen LogP contribution in [-0.4, -0.2) is 29.4 Å². The number of nitriles is 1. The number of rotatable bonds is 10. The van der Waals surface area contributed by atoms with Crippen LogP contribution in [0.1, 0.15) is 63.5 Å². The second kappa shape index (κ2) is 11.7. The van der Waals surface area contributed by atoms with E-state index in [2.05, 4.69) is 19.9 Å². The van der Waals surface area contributed by atoms with Gasteiger partial charge in [-0.3, -0.25) is 4.79 Å². The number of ether oxygens (including phenoxy) is 1. The Morgan fingerprint density at radius 2 is 1.76 bits per heavy atom.